The van der Waals surface area contributed by atoms with E-state index in [-0.39, 0.29) is 12.0 Å². The smallest absolute Gasteiger partial charge is 0.323 e. The summed E-state index contributed by atoms with van der Waals surface area (Å²) < 4.78 is 5.16. The molecule has 1 aliphatic rings. The number of hydrogen-bond donors (Lipinski definition) is 1. The summed E-state index contributed by atoms with van der Waals surface area (Å²) in [7, 11) is 2.20. The van der Waals surface area contributed by atoms with Crippen LogP contribution in [0.5, 0.6) is 0 Å². The van der Waals surface area contributed by atoms with E-state index in [2.05, 4.69) is 29.1 Å². The molecule has 5 heteroatoms. The van der Waals surface area contributed by atoms with Crippen LogP contribution in [0.15, 0.2) is 0 Å². The first-order valence-corrected chi connectivity index (χ1v) is 8.44. The predicted octanol–water partition coefficient (Wildman–Crippen LogP) is 1.33. The normalized spacial score (nSPS) is 22.8. The Bertz CT molecular complexity index is 299. The minimum atomic E-state index is -0.173. The molecule has 21 heavy (non-hydrogen) atoms. The van der Waals surface area contributed by atoms with Gasteiger partial charge in [-0.25, -0.2) is 0 Å². The third-order valence-corrected chi connectivity index (χ3v) is 4.22. The fraction of sp³-hybridized carbons (Fsp3) is 0.938. The Morgan fingerprint density at radius 3 is 2.71 bits per heavy atom. The molecule has 124 valence electrons. The zero-order chi connectivity index (χ0) is 15.7. The van der Waals surface area contributed by atoms with Crippen LogP contribution >= 0.6 is 0 Å². The van der Waals surface area contributed by atoms with Gasteiger partial charge in [-0.1, -0.05) is 13.8 Å². The van der Waals surface area contributed by atoms with Gasteiger partial charge in [-0.2, -0.15) is 0 Å². The zero-order valence-electron chi connectivity index (χ0n) is 14.2. The van der Waals surface area contributed by atoms with Crippen LogP contribution in [0.3, 0.4) is 0 Å². The Morgan fingerprint density at radius 1 is 1.33 bits per heavy atom. The molecule has 0 aliphatic carbocycles. The van der Waals surface area contributed by atoms with Crippen LogP contribution in [-0.4, -0.2) is 74.2 Å². The molecule has 1 N–H and O–H groups in total. The van der Waals surface area contributed by atoms with Crippen LogP contribution in [0.4, 0.5) is 0 Å². The maximum Gasteiger partial charge on any atom is 0.323 e. The van der Waals surface area contributed by atoms with E-state index in [0.717, 1.165) is 39.0 Å². The molecule has 5 nitrogen and oxygen atoms in total. The van der Waals surface area contributed by atoms with Crippen LogP contribution in [0, 0.1) is 0 Å². The third kappa shape index (κ3) is 6.32. The number of hydrogen-bond acceptors (Lipinski definition) is 5. The number of nitrogens with zero attached hydrogens (tertiary/aromatic N) is 2. The SMILES string of the molecule is CCNC(CCN1CCCN(C)CC1CC)C(=O)OCC. The highest BCUT2D eigenvalue weighted by atomic mass is 16.5. The summed E-state index contributed by atoms with van der Waals surface area (Å²) in [5.41, 5.74) is 0. The molecule has 0 aromatic heterocycles. The first-order chi connectivity index (χ1) is 10.1. The number of rotatable bonds is 8. The summed E-state index contributed by atoms with van der Waals surface area (Å²) in [6.07, 6.45) is 3.20. The second kappa shape index (κ2) is 10.1. The minimum Gasteiger partial charge on any atom is -0.465 e. The van der Waals surface area contributed by atoms with Gasteiger partial charge < -0.3 is 15.0 Å². The summed E-state index contributed by atoms with van der Waals surface area (Å²) in [6, 6.07) is 0.426. The molecule has 1 heterocycles. The highest BCUT2D eigenvalue weighted by molar-refractivity contribution is 5.75. The number of nitrogens with one attached hydrogen (secondary N) is 1. The van der Waals surface area contributed by atoms with Gasteiger partial charge in [0.25, 0.3) is 0 Å². The summed E-state index contributed by atoms with van der Waals surface area (Å²) >= 11 is 0. The predicted molar refractivity (Wildman–Crippen MR) is 86.5 cm³/mol. The summed E-state index contributed by atoms with van der Waals surface area (Å²) in [6.45, 7) is 11.8. The standard InChI is InChI=1S/C16H33N3O2/c1-5-14-13-18(4)10-8-11-19(14)12-9-15(17-6-2)16(20)21-7-3/h14-15,17H,5-13H2,1-4H3. The first kappa shape index (κ1) is 18.4. The molecule has 2 unspecified atom stereocenters. The van der Waals surface area contributed by atoms with E-state index in [1.807, 2.05) is 13.8 Å². The molecule has 1 saturated heterocycles. The maximum absolute atomic E-state index is 12.0. The topological polar surface area (TPSA) is 44.8 Å². The van der Waals surface area contributed by atoms with E-state index in [1.165, 1.54) is 13.0 Å². The van der Waals surface area contributed by atoms with Gasteiger partial charge in [-0.3, -0.25) is 9.69 Å². The molecule has 1 fully saturated rings. The molecule has 0 aromatic rings. The van der Waals surface area contributed by atoms with Gasteiger partial charge in [0, 0.05) is 19.1 Å². The largest absolute Gasteiger partial charge is 0.465 e. The van der Waals surface area contributed by atoms with Crippen molar-refractivity contribution >= 4 is 5.97 Å². The number of ether oxygens (including phenoxy) is 1. The average Bonchev–Trinajstić information content (AvgIpc) is 2.64. The van der Waals surface area contributed by atoms with Crippen molar-refractivity contribution in [2.45, 2.75) is 52.1 Å². The van der Waals surface area contributed by atoms with Crippen LogP contribution < -0.4 is 5.32 Å². The van der Waals surface area contributed by atoms with Gasteiger partial charge in [0.2, 0.25) is 0 Å². The van der Waals surface area contributed by atoms with E-state index < -0.39 is 0 Å². The third-order valence-electron chi connectivity index (χ3n) is 4.22. The number of carbonyl (C=O) groups is 1. The lowest BCUT2D eigenvalue weighted by Gasteiger charge is -2.31. The van der Waals surface area contributed by atoms with Crippen molar-refractivity contribution in [2.24, 2.45) is 0 Å². The molecule has 0 amide bonds. The van der Waals surface area contributed by atoms with Crippen molar-refractivity contribution in [2.75, 3.05) is 46.4 Å². The lowest BCUT2D eigenvalue weighted by molar-refractivity contribution is -0.146. The van der Waals surface area contributed by atoms with E-state index in [9.17, 15) is 4.79 Å². The van der Waals surface area contributed by atoms with Crippen molar-refractivity contribution in [3.05, 3.63) is 0 Å². The molecule has 0 bridgehead atoms. The quantitative estimate of drug-likeness (QED) is 0.685. The fourth-order valence-corrected chi connectivity index (χ4v) is 3.06. The van der Waals surface area contributed by atoms with Crippen molar-refractivity contribution in [1.82, 2.24) is 15.1 Å². The van der Waals surface area contributed by atoms with Crippen molar-refractivity contribution in [1.29, 1.82) is 0 Å². The molecular formula is C16H33N3O2. The van der Waals surface area contributed by atoms with Gasteiger partial charge in [-0.05, 0) is 52.9 Å². The van der Waals surface area contributed by atoms with Crippen LogP contribution in [-0.2, 0) is 9.53 Å². The van der Waals surface area contributed by atoms with Gasteiger partial charge in [0.05, 0.1) is 6.61 Å². The van der Waals surface area contributed by atoms with Crippen molar-refractivity contribution in [3.8, 4) is 0 Å². The number of likely N-dealkylation sites (N-methyl/N-ethyl adjacent to an activating group) is 2. The lowest BCUT2D eigenvalue weighted by Crippen LogP contribution is -2.44. The van der Waals surface area contributed by atoms with Gasteiger partial charge in [0.15, 0.2) is 0 Å². The number of carbonyl (C=O) groups excluding carboxylic acids is 1. The van der Waals surface area contributed by atoms with Gasteiger partial charge in [-0.15, -0.1) is 0 Å². The van der Waals surface area contributed by atoms with Crippen LogP contribution in [0.25, 0.3) is 0 Å². The van der Waals surface area contributed by atoms with Gasteiger partial charge >= 0.3 is 5.97 Å². The molecule has 0 aromatic carbocycles. The lowest BCUT2D eigenvalue weighted by atomic mass is 10.1. The Balaban J connectivity index is 2.53. The van der Waals surface area contributed by atoms with E-state index in [4.69, 9.17) is 4.74 Å². The zero-order valence-corrected chi connectivity index (χ0v) is 14.2. The van der Waals surface area contributed by atoms with Crippen molar-refractivity contribution in [3.63, 3.8) is 0 Å². The molecule has 1 aliphatic heterocycles. The maximum atomic E-state index is 12.0. The van der Waals surface area contributed by atoms with E-state index >= 15 is 0 Å². The van der Waals surface area contributed by atoms with Gasteiger partial charge in [0.1, 0.15) is 6.04 Å². The molecule has 1 rings (SSSR count). The monoisotopic (exact) mass is 299 g/mol. The summed E-state index contributed by atoms with van der Waals surface area (Å²) in [4.78, 5) is 16.9. The van der Waals surface area contributed by atoms with Crippen LogP contribution in [0.2, 0.25) is 0 Å². The fourth-order valence-electron chi connectivity index (χ4n) is 3.06. The first-order valence-electron chi connectivity index (χ1n) is 8.44. The Hall–Kier alpha value is -0.650. The number of esters is 1. The molecule has 0 radical (unpaired) electrons. The van der Waals surface area contributed by atoms with Crippen molar-refractivity contribution < 1.29 is 9.53 Å². The van der Waals surface area contributed by atoms with E-state index in [0.29, 0.717) is 12.6 Å². The van der Waals surface area contributed by atoms with Crippen LogP contribution in [0.1, 0.15) is 40.0 Å². The Labute approximate surface area is 130 Å². The summed E-state index contributed by atoms with van der Waals surface area (Å²) in [5.74, 6) is -0.112. The highest BCUT2D eigenvalue weighted by Gasteiger charge is 2.24. The summed E-state index contributed by atoms with van der Waals surface area (Å²) in [5, 5.41) is 3.25. The van der Waals surface area contributed by atoms with E-state index in [1.54, 1.807) is 0 Å². The Morgan fingerprint density at radius 2 is 2.10 bits per heavy atom. The molecule has 0 saturated carbocycles. The molecule has 2 atom stereocenters. The highest BCUT2D eigenvalue weighted by Crippen LogP contribution is 2.13. The molecule has 0 spiro atoms. The molecular weight excluding hydrogens is 266 g/mol. The second-order valence-corrected chi connectivity index (χ2v) is 5.86. The second-order valence-electron chi connectivity index (χ2n) is 5.86. The minimum absolute atomic E-state index is 0.112. The Kier molecular flexibility index (Phi) is 8.88. The average molecular weight is 299 g/mol.